The van der Waals surface area contributed by atoms with E-state index in [4.69, 9.17) is 0 Å². The Morgan fingerprint density at radius 2 is 1.95 bits per heavy atom. The van der Waals surface area contributed by atoms with Crippen LogP contribution in [0.1, 0.15) is 11.1 Å². The van der Waals surface area contributed by atoms with Gasteiger partial charge in [-0.2, -0.15) is 0 Å². The van der Waals surface area contributed by atoms with Gasteiger partial charge in [0.2, 0.25) is 5.91 Å². The van der Waals surface area contributed by atoms with Gasteiger partial charge < -0.3 is 5.32 Å². The van der Waals surface area contributed by atoms with Crippen molar-refractivity contribution in [2.75, 3.05) is 5.32 Å². The molecule has 0 spiro atoms. The van der Waals surface area contributed by atoms with Crippen LogP contribution in [0.4, 0.5) is 14.5 Å². The molecular weight excluding hydrogens is 260 g/mol. The summed E-state index contributed by atoms with van der Waals surface area (Å²) in [6.07, 6.45) is 2.89. The second-order valence-electron chi connectivity index (χ2n) is 4.36. The zero-order valence-electron chi connectivity index (χ0n) is 10.9. The predicted octanol–water partition coefficient (Wildman–Crippen LogP) is 3.93. The van der Waals surface area contributed by atoms with E-state index in [9.17, 15) is 13.6 Å². The number of hydrogen-bond donors (Lipinski definition) is 1. The second kappa shape index (κ2) is 6.10. The zero-order chi connectivity index (χ0) is 14.5. The Hall–Kier alpha value is -2.49. The van der Waals surface area contributed by atoms with Crippen LogP contribution in [0.25, 0.3) is 6.08 Å². The van der Waals surface area contributed by atoms with Crippen LogP contribution < -0.4 is 5.32 Å². The fourth-order valence-electron chi connectivity index (χ4n) is 1.71. The standard InChI is InChI=1S/C16H13F2NO/c1-11-3-2-4-12(9-11)5-8-16(20)19-15-10-13(17)6-7-14(15)18/h2-10H,1H3,(H,19,20)/b8-5+. The van der Waals surface area contributed by atoms with Crippen molar-refractivity contribution in [3.63, 3.8) is 0 Å². The van der Waals surface area contributed by atoms with Crippen molar-refractivity contribution in [3.05, 3.63) is 71.3 Å². The highest BCUT2D eigenvalue weighted by Gasteiger charge is 2.05. The van der Waals surface area contributed by atoms with Crippen LogP contribution in [0.15, 0.2) is 48.5 Å². The minimum absolute atomic E-state index is 0.177. The molecule has 0 heterocycles. The van der Waals surface area contributed by atoms with Crippen molar-refractivity contribution in [3.8, 4) is 0 Å². The fourth-order valence-corrected chi connectivity index (χ4v) is 1.71. The third-order valence-corrected chi connectivity index (χ3v) is 2.66. The van der Waals surface area contributed by atoms with Gasteiger partial charge in [-0.1, -0.05) is 29.8 Å². The minimum Gasteiger partial charge on any atom is -0.320 e. The molecule has 0 bridgehead atoms. The third-order valence-electron chi connectivity index (χ3n) is 2.66. The summed E-state index contributed by atoms with van der Waals surface area (Å²) in [5.74, 6) is -1.80. The molecule has 2 aromatic carbocycles. The maximum atomic E-state index is 13.3. The molecule has 4 heteroatoms. The third kappa shape index (κ3) is 3.75. The molecule has 1 N–H and O–H groups in total. The number of carbonyl (C=O) groups is 1. The highest BCUT2D eigenvalue weighted by atomic mass is 19.1. The molecule has 102 valence electrons. The van der Waals surface area contributed by atoms with Crippen molar-refractivity contribution >= 4 is 17.7 Å². The summed E-state index contributed by atoms with van der Waals surface area (Å²) in [6.45, 7) is 1.94. The predicted molar refractivity (Wildman–Crippen MR) is 75.2 cm³/mol. The summed E-state index contributed by atoms with van der Waals surface area (Å²) in [6, 6.07) is 10.5. The van der Waals surface area contributed by atoms with Crippen molar-refractivity contribution < 1.29 is 13.6 Å². The lowest BCUT2D eigenvalue weighted by Crippen LogP contribution is -2.09. The molecule has 0 aromatic heterocycles. The van der Waals surface area contributed by atoms with Gasteiger partial charge in [0.15, 0.2) is 0 Å². The van der Waals surface area contributed by atoms with E-state index in [1.807, 2.05) is 31.2 Å². The van der Waals surface area contributed by atoms with Crippen LogP contribution in [0, 0.1) is 18.6 Å². The summed E-state index contributed by atoms with van der Waals surface area (Å²) in [5.41, 5.74) is 1.76. The molecule has 2 nitrogen and oxygen atoms in total. The normalized spacial score (nSPS) is 10.8. The Balaban J connectivity index is 2.07. The molecule has 0 aliphatic rings. The van der Waals surface area contributed by atoms with Gasteiger partial charge in [-0.15, -0.1) is 0 Å². The molecule has 0 saturated carbocycles. The van der Waals surface area contributed by atoms with Crippen molar-refractivity contribution in [1.82, 2.24) is 0 Å². The number of aryl methyl sites for hydroxylation is 1. The average molecular weight is 273 g/mol. The summed E-state index contributed by atoms with van der Waals surface area (Å²) >= 11 is 0. The first-order valence-electron chi connectivity index (χ1n) is 6.05. The molecule has 1 amide bonds. The quantitative estimate of drug-likeness (QED) is 0.844. The van der Waals surface area contributed by atoms with Gasteiger partial charge in [0, 0.05) is 12.1 Å². The number of amides is 1. The monoisotopic (exact) mass is 273 g/mol. The van der Waals surface area contributed by atoms with Crippen LogP contribution in [-0.2, 0) is 4.79 Å². The first kappa shape index (κ1) is 13.9. The molecule has 0 aliphatic heterocycles. The van der Waals surface area contributed by atoms with E-state index in [0.29, 0.717) is 0 Å². The molecular formula is C16H13F2NO. The van der Waals surface area contributed by atoms with E-state index in [-0.39, 0.29) is 5.69 Å². The molecule has 20 heavy (non-hydrogen) atoms. The number of benzene rings is 2. The van der Waals surface area contributed by atoms with Gasteiger partial charge in [-0.05, 0) is 30.7 Å². The topological polar surface area (TPSA) is 29.1 Å². The Kier molecular flexibility index (Phi) is 4.25. The lowest BCUT2D eigenvalue weighted by Gasteiger charge is -2.03. The van der Waals surface area contributed by atoms with Crippen LogP contribution in [0.3, 0.4) is 0 Å². The van der Waals surface area contributed by atoms with E-state index < -0.39 is 17.5 Å². The molecule has 0 fully saturated rings. The van der Waals surface area contributed by atoms with Crippen molar-refractivity contribution in [2.45, 2.75) is 6.92 Å². The Morgan fingerprint density at radius 3 is 2.70 bits per heavy atom. The van der Waals surface area contributed by atoms with Crippen LogP contribution >= 0.6 is 0 Å². The number of hydrogen-bond acceptors (Lipinski definition) is 1. The van der Waals surface area contributed by atoms with Crippen molar-refractivity contribution in [1.29, 1.82) is 0 Å². The van der Waals surface area contributed by atoms with Gasteiger partial charge in [0.1, 0.15) is 11.6 Å². The Bertz CT molecular complexity index is 665. The average Bonchev–Trinajstić information content (AvgIpc) is 2.41. The first-order valence-corrected chi connectivity index (χ1v) is 6.05. The molecule has 2 aromatic rings. The fraction of sp³-hybridized carbons (Fsp3) is 0.0625. The van der Waals surface area contributed by atoms with E-state index >= 15 is 0 Å². The maximum absolute atomic E-state index is 13.3. The van der Waals surface area contributed by atoms with Crippen molar-refractivity contribution in [2.24, 2.45) is 0 Å². The smallest absolute Gasteiger partial charge is 0.248 e. The van der Waals surface area contributed by atoms with Crippen LogP contribution in [-0.4, -0.2) is 5.91 Å². The minimum atomic E-state index is -0.677. The first-order chi connectivity index (χ1) is 9.54. The van der Waals surface area contributed by atoms with Gasteiger partial charge in [0.05, 0.1) is 5.69 Å². The number of nitrogens with one attached hydrogen (secondary N) is 1. The largest absolute Gasteiger partial charge is 0.320 e. The van der Waals surface area contributed by atoms with Gasteiger partial charge in [-0.3, -0.25) is 4.79 Å². The Morgan fingerprint density at radius 1 is 1.15 bits per heavy atom. The van der Waals surface area contributed by atoms with E-state index in [0.717, 1.165) is 29.3 Å². The van der Waals surface area contributed by atoms with Gasteiger partial charge in [0.25, 0.3) is 0 Å². The van der Waals surface area contributed by atoms with E-state index in [1.54, 1.807) is 6.08 Å². The van der Waals surface area contributed by atoms with E-state index in [2.05, 4.69) is 5.32 Å². The Labute approximate surface area is 115 Å². The maximum Gasteiger partial charge on any atom is 0.248 e. The highest BCUT2D eigenvalue weighted by Crippen LogP contribution is 2.15. The molecule has 0 unspecified atom stereocenters. The molecule has 0 atom stereocenters. The molecule has 0 aliphatic carbocycles. The molecule has 0 saturated heterocycles. The number of halogens is 2. The molecule has 0 radical (unpaired) electrons. The SMILES string of the molecule is Cc1cccc(/C=C/C(=O)Nc2cc(F)ccc2F)c1. The molecule has 2 rings (SSSR count). The lowest BCUT2D eigenvalue weighted by molar-refractivity contribution is -0.111. The summed E-state index contributed by atoms with van der Waals surface area (Å²) in [5, 5.41) is 2.30. The number of anilines is 1. The lowest BCUT2D eigenvalue weighted by atomic mass is 10.1. The number of carbonyl (C=O) groups excluding carboxylic acids is 1. The van der Waals surface area contributed by atoms with Crippen LogP contribution in [0.2, 0.25) is 0 Å². The summed E-state index contributed by atoms with van der Waals surface area (Å²) in [7, 11) is 0. The second-order valence-corrected chi connectivity index (χ2v) is 4.36. The summed E-state index contributed by atoms with van der Waals surface area (Å²) < 4.78 is 26.3. The van der Waals surface area contributed by atoms with Gasteiger partial charge >= 0.3 is 0 Å². The summed E-state index contributed by atoms with van der Waals surface area (Å²) in [4.78, 5) is 11.6. The zero-order valence-corrected chi connectivity index (χ0v) is 10.9. The van der Waals surface area contributed by atoms with E-state index in [1.165, 1.54) is 6.08 Å². The van der Waals surface area contributed by atoms with Crippen LogP contribution in [0.5, 0.6) is 0 Å². The highest BCUT2D eigenvalue weighted by molar-refractivity contribution is 6.02. The van der Waals surface area contributed by atoms with Gasteiger partial charge in [-0.25, -0.2) is 8.78 Å². The number of rotatable bonds is 3.